The lowest BCUT2D eigenvalue weighted by molar-refractivity contribution is 0.731. The van der Waals surface area contributed by atoms with Crippen LogP contribution in [0.1, 0.15) is 12.2 Å². The lowest BCUT2D eigenvalue weighted by atomic mass is 10.3. The maximum Gasteiger partial charge on any atom is 0.132 e. The molecule has 0 unspecified atom stereocenters. The second kappa shape index (κ2) is 3.85. The van der Waals surface area contributed by atoms with Gasteiger partial charge >= 0.3 is 0 Å². The summed E-state index contributed by atoms with van der Waals surface area (Å²) < 4.78 is 1.92. The summed E-state index contributed by atoms with van der Waals surface area (Å²) in [5.74, 6) is 1.01. The van der Waals surface area contributed by atoms with Crippen LogP contribution in [0.5, 0.6) is 0 Å². The number of rotatable bonds is 4. The molecule has 1 rings (SSSR count). The Hall–Kier alpha value is -1.19. The topological polar surface area (TPSA) is 43.1 Å². The molecule has 0 aliphatic rings. The molecule has 0 radical (unpaired) electrons. The van der Waals surface area contributed by atoms with Crippen molar-refractivity contribution < 1.29 is 0 Å². The Labute approximate surface area is 66.0 Å². The van der Waals surface area contributed by atoms with Crippen LogP contribution in [0.4, 0.5) is 0 Å². The fraction of sp³-hybridized carbons (Fsp3) is 0.571. The predicted molar refractivity (Wildman–Crippen MR) is 43.7 cm³/mol. The van der Waals surface area contributed by atoms with E-state index in [0.717, 1.165) is 25.2 Å². The number of hydrogen-bond donors (Lipinski definition) is 0. The molecule has 0 amide bonds. The first kappa shape index (κ1) is 7.91. The molecule has 1 aromatic heterocycles. The van der Waals surface area contributed by atoms with Crippen LogP contribution in [-0.4, -0.2) is 28.0 Å². The van der Waals surface area contributed by atoms with Gasteiger partial charge in [0, 0.05) is 20.0 Å². The first-order chi connectivity index (χ1) is 5.34. The summed E-state index contributed by atoms with van der Waals surface area (Å²) in [7, 11) is 1.94. The van der Waals surface area contributed by atoms with Gasteiger partial charge in [0.1, 0.15) is 12.2 Å². The first-order valence-corrected chi connectivity index (χ1v) is 3.60. The minimum atomic E-state index is 0.798. The van der Waals surface area contributed by atoms with Gasteiger partial charge in [0.2, 0.25) is 0 Å². The molecule has 0 fully saturated rings. The van der Waals surface area contributed by atoms with Crippen LogP contribution in [0.25, 0.3) is 0 Å². The zero-order chi connectivity index (χ0) is 8.10. The van der Waals surface area contributed by atoms with Gasteiger partial charge < -0.3 is 9.56 Å². The van der Waals surface area contributed by atoms with E-state index < -0.39 is 0 Å². The van der Waals surface area contributed by atoms with Gasteiger partial charge in [-0.2, -0.15) is 0 Å². The van der Waals surface area contributed by atoms with E-state index in [4.69, 9.17) is 0 Å². The summed E-state index contributed by atoms with van der Waals surface area (Å²) in [5, 5.41) is 7.71. The van der Waals surface area contributed by atoms with Crippen LogP contribution >= 0.6 is 0 Å². The molecule has 4 heteroatoms. The Bertz CT molecular complexity index is 228. The van der Waals surface area contributed by atoms with Gasteiger partial charge in [0.25, 0.3) is 0 Å². The molecule has 0 aliphatic carbocycles. The zero-order valence-corrected chi connectivity index (χ0v) is 6.69. The maximum absolute atomic E-state index is 3.94. The van der Waals surface area contributed by atoms with Crippen LogP contribution in [0.15, 0.2) is 11.3 Å². The lowest BCUT2D eigenvalue weighted by Crippen LogP contribution is -1.98. The molecule has 0 N–H and O–H groups in total. The van der Waals surface area contributed by atoms with Gasteiger partial charge in [-0.3, -0.25) is 0 Å². The van der Waals surface area contributed by atoms with Crippen molar-refractivity contribution in [1.29, 1.82) is 0 Å². The van der Waals surface area contributed by atoms with E-state index in [1.165, 1.54) is 0 Å². The van der Waals surface area contributed by atoms with E-state index in [1.807, 2.05) is 11.6 Å². The molecule has 0 saturated heterocycles. The van der Waals surface area contributed by atoms with Crippen LogP contribution in [0, 0.1) is 0 Å². The Morgan fingerprint density at radius 3 is 3.09 bits per heavy atom. The Kier molecular flexibility index (Phi) is 2.77. The molecular formula is C7H12N4. The number of aliphatic imine (C=N–C) groups is 1. The van der Waals surface area contributed by atoms with E-state index in [9.17, 15) is 0 Å². The molecule has 60 valence electrons. The molecule has 0 saturated carbocycles. The number of aryl methyl sites for hydroxylation is 2. The fourth-order valence-electron chi connectivity index (χ4n) is 0.882. The SMILES string of the molecule is C=NCCCc1nncn1C. The summed E-state index contributed by atoms with van der Waals surface area (Å²) in [6, 6.07) is 0. The van der Waals surface area contributed by atoms with Crippen molar-refractivity contribution in [3.05, 3.63) is 12.2 Å². The average molecular weight is 152 g/mol. The molecule has 0 bridgehead atoms. The summed E-state index contributed by atoms with van der Waals surface area (Å²) in [5.41, 5.74) is 0. The van der Waals surface area contributed by atoms with Crippen molar-refractivity contribution in [2.24, 2.45) is 12.0 Å². The molecular weight excluding hydrogens is 140 g/mol. The van der Waals surface area contributed by atoms with Crippen molar-refractivity contribution in [2.45, 2.75) is 12.8 Å². The van der Waals surface area contributed by atoms with Gasteiger partial charge in [-0.05, 0) is 13.1 Å². The first-order valence-electron chi connectivity index (χ1n) is 3.60. The summed E-state index contributed by atoms with van der Waals surface area (Å²) in [6.45, 7) is 4.21. The highest BCUT2D eigenvalue weighted by molar-refractivity contribution is 5.23. The van der Waals surface area contributed by atoms with Gasteiger partial charge in [-0.1, -0.05) is 0 Å². The van der Waals surface area contributed by atoms with E-state index in [2.05, 4.69) is 21.9 Å². The molecule has 4 nitrogen and oxygen atoms in total. The third kappa shape index (κ3) is 2.14. The van der Waals surface area contributed by atoms with Gasteiger partial charge in [-0.15, -0.1) is 10.2 Å². The number of nitrogens with zero attached hydrogens (tertiary/aromatic N) is 4. The van der Waals surface area contributed by atoms with E-state index in [1.54, 1.807) is 6.33 Å². The largest absolute Gasteiger partial charge is 0.321 e. The molecule has 0 aromatic carbocycles. The van der Waals surface area contributed by atoms with Crippen molar-refractivity contribution in [2.75, 3.05) is 6.54 Å². The lowest BCUT2D eigenvalue weighted by Gasteiger charge is -1.96. The maximum atomic E-state index is 3.94. The standard InChI is InChI=1S/C7H12N4/c1-8-5-3-4-7-10-9-6-11(7)2/h6H,1,3-5H2,2H3. The molecule has 0 spiro atoms. The second-order valence-electron chi connectivity index (χ2n) is 2.41. The van der Waals surface area contributed by atoms with E-state index in [-0.39, 0.29) is 0 Å². The monoisotopic (exact) mass is 152 g/mol. The minimum Gasteiger partial charge on any atom is -0.321 e. The molecule has 1 aromatic rings. The third-order valence-electron chi connectivity index (χ3n) is 1.52. The predicted octanol–water partition coefficient (Wildman–Crippen LogP) is 0.448. The smallest absolute Gasteiger partial charge is 0.132 e. The summed E-state index contributed by atoms with van der Waals surface area (Å²) in [6.07, 6.45) is 3.63. The third-order valence-corrected chi connectivity index (χ3v) is 1.52. The van der Waals surface area contributed by atoms with Crippen molar-refractivity contribution in [1.82, 2.24) is 14.8 Å². The average Bonchev–Trinajstić information content (AvgIpc) is 2.37. The minimum absolute atomic E-state index is 0.798. The Morgan fingerprint density at radius 1 is 1.73 bits per heavy atom. The fourth-order valence-corrected chi connectivity index (χ4v) is 0.882. The number of hydrogen-bond acceptors (Lipinski definition) is 3. The highest BCUT2D eigenvalue weighted by Crippen LogP contribution is 1.96. The van der Waals surface area contributed by atoms with Crippen molar-refractivity contribution in [3.63, 3.8) is 0 Å². The molecule has 0 aliphatic heterocycles. The highest BCUT2D eigenvalue weighted by Gasteiger charge is 1.97. The van der Waals surface area contributed by atoms with Crippen LogP contribution in [0.2, 0.25) is 0 Å². The molecule has 1 heterocycles. The second-order valence-corrected chi connectivity index (χ2v) is 2.41. The Morgan fingerprint density at radius 2 is 2.55 bits per heavy atom. The molecule has 0 atom stereocenters. The van der Waals surface area contributed by atoms with Gasteiger partial charge in [-0.25, -0.2) is 0 Å². The summed E-state index contributed by atoms with van der Waals surface area (Å²) in [4.78, 5) is 3.76. The van der Waals surface area contributed by atoms with Crippen molar-refractivity contribution >= 4 is 6.72 Å². The van der Waals surface area contributed by atoms with E-state index in [0.29, 0.717) is 0 Å². The quantitative estimate of drug-likeness (QED) is 0.464. The van der Waals surface area contributed by atoms with Crippen LogP contribution < -0.4 is 0 Å². The van der Waals surface area contributed by atoms with Gasteiger partial charge in [0.15, 0.2) is 0 Å². The van der Waals surface area contributed by atoms with Crippen LogP contribution in [0.3, 0.4) is 0 Å². The zero-order valence-electron chi connectivity index (χ0n) is 6.69. The van der Waals surface area contributed by atoms with Gasteiger partial charge in [0.05, 0.1) is 0 Å². The van der Waals surface area contributed by atoms with Crippen LogP contribution in [-0.2, 0) is 13.5 Å². The highest BCUT2D eigenvalue weighted by atomic mass is 15.2. The summed E-state index contributed by atoms with van der Waals surface area (Å²) >= 11 is 0. The Balaban J connectivity index is 2.38. The molecule has 11 heavy (non-hydrogen) atoms. The van der Waals surface area contributed by atoms with Crippen molar-refractivity contribution in [3.8, 4) is 0 Å². The number of aromatic nitrogens is 3. The van der Waals surface area contributed by atoms with E-state index >= 15 is 0 Å². The normalized spacial score (nSPS) is 9.91.